The van der Waals surface area contributed by atoms with Crippen molar-refractivity contribution in [3.8, 4) is 0 Å². The summed E-state index contributed by atoms with van der Waals surface area (Å²) in [7, 11) is -4.48. The van der Waals surface area contributed by atoms with Crippen molar-refractivity contribution in [3.63, 3.8) is 0 Å². The van der Waals surface area contributed by atoms with Crippen LogP contribution in [0.1, 0.15) is 12.0 Å². The molecule has 1 aliphatic rings. The first-order valence-corrected chi connectivity index (χ1v) is 8.91. The molecule has 26 heavy (non-hydrogen) atoms. The summed E-state index contributed by atoms with van der Waals surface area (Å²) < 4.78 is 31.7. The second-order valence-electron chi connectivity index (χ2n) is 5.32. The van der Waals surface area contributed by atoms with Crippen LogP contribution in [0.2, 0.25) is 5.02 Å². The average molecular weight is 396 g/mol. The fourth-order valence-electron chi connectivity index (χ4n) is 2.37. The summed E-state index contributed by atoms with van der Waals surface area (Å²) >= 11 is 6.03. The molecule has 1 amide bonds. The smallest absolute Gasteiger partial charge is 0.282 e. The predicted molar refractivity (Wildman–Crippen MR) is 93.0 cm³/mol. The molecule has 0 bridgehead atoms. The van der Waals surface area contributed by atoms with Crippen molar-refractivity contribution in [2.45, 2.75) is 11.3 Å². The minimum Gasteiger partial charge on any atom is -0.282 e. The number of anilines is 1. The van der Waals surface area contributed by atoms with Crippen molar-refractivity contribution in [3.05, 3.63) is 63.2 Å². The van der Waals surface area contributed by atoms with E-state index in [1.54, 1.807) is 0 Å². The molecule has 134 valence electrons. The summed E-state index contributed by atoms with van der Waals surface area (Å²) in [6.07, 6.45) is -0.0930. The van der Waals surface area contributed by atoms with Crippen LogP contribution in [0.3, 0.4) is 0 Å². The minimum absolute atomic E-state index is 0.00343. The number of benzene rings is 2. The van der Waals surface area contributed by atoms with E-state index in [0.29, 0.717) is 11.3 Å². The average Bonchev–Trinajstić information content (AvgIpc) is 2.96. The molecule has 0 aromatic heterocycles. The Hall–Kier alpha value is -2.82. The molecule has 2 aromatic rings. The van der Waals surface area contributed by atoms with Crippen LogP contribution in [-0.4, -0.2) is 29.5 Å². The predicted octanol–water partition coefficient (Wildman–Crippen LogP) is 2.64. The highest BCUT2D eigenvalue weighted by atomic mass is 35.5. The lowest BCUT2D eigenvalue weighted by Crippen LogP contribution is -2.20. The Balaban J connectivity index is 1.99. The first-order chi connectivity index (χ1) is 12.2. The van der Waals surface area contributed by atoms with E-state index in [9.17, 15) is 23.3 Å². The first kappa shape index (κ1) is 18.0. The maximum atomic E-state index is 12.3. The Kier molecular flexibility index (Phi) is 4.48. The molecule has 1 aliphatic heterocycles. The molecule has 0 saturated heterocycles. The van der Waals surface area contributed by atoms with Gasteiger partial charge >= 0.3 is 0 Å². The normalized spacial score (nSPS) is 14.5. The monoisotopic (exact) mass is 395 g/mol. The molecule has 0 aliphatic carbocycles. The molecular formula is C15H10ClN3O6S. The van der Waals surface area contributed by atoms with Gasteiger partial charge in [-0.25, -0.2) is 0 Å². The number of non-ortho nitro benzene ring substituents is 1. The number of halogens is 1. The van der Waals surface area contributed by atoms with Crippen LogP contribution in [0, 0.1) is 10.1 Å². The third-order valence-corrected chi connectivity index (χ3v) is 4.80. The summed E-state index contributed by atoms with van der Waals surface area (Å²) in [6, 6.07) is 8.87. The topological polar surface area (TPSA) is 130 Å². The van der Waals surface area contributed by atoms with Gasteiger partial charge in [0.25, 0.3) is 21.7 Å². The van der Waals surface area contributed by atoms with Crippen molar-refractivity contribution in [2.24, 2.45) is 5.10 Å². The van der Waals surface area contributed by atoms with E-state index in [1.807, 2.05) is 0 Å². The molecule has 3 rings (SSSR count). The number of nitro benzene ring substituents is 1. The molecule has 0 unspecified atom stereocenters. The molecule has 0 radical (unpaired) electrons. The van der Waals surface area contributed by atoms with Crippen molar-refractivity contribution in [1.82, 2.24) is 0 Å². The van der Waals surface area contributed by atoms with E-state index in [1.165, 1.54) is 30.3 Å². The number of nitro groups is 1. The number of rotatable bonds is 4. The molecular weight excluding hydrogens is 386 g/mol. The largest absolute Gasteiger partial charge is 0.294 e. The maximum Gasteiger partial charge on any atom is 0.294 e. The summed E-state index contributed by atoms with van der Waals surface area (Å²) in [5.74, 6) is -0.465. The lowest BCUT2D eigenvalue weighted by atomic mass is 10.1. The number of amides is 1. The highest BCUT2D eigenvalue weighted by molar-refractivity contribution is 7.85. The zero-order valence-corrected chi connectivity index (χ0v) is 14.4. The van der Waals surface area contributed by atoms with Gasteiger partial charge in [0.2, 0.25) is 0 Å². The quantitative estimate of drug-likeness (QED) is 0.481. The Morgan fingerprint density at radius 1 is 1.19 bits per heavy atom. The van der Waals surface area contributed by atoms with Crippen LogP contribution in [0.25, 0.3) is 0 Å². The van der Waals surface area contributed by atoms with Crippen LogP contribution in [0.4, 0.5) is 11.4 Å². The summed E-state index contributed by atoms with van der Waals surface area (Å²) in [6.45, 7) is 0. The van der Waals surface area contributed by atoms with E-state index in [0.717, 1.165) is 17.1 Å². The maximum absolute atomic E-state index is 12.3. The van der Waals surface area contributed by atoms with Gasteiger partial charge < -0.3 is 0 Å². The van der Waals surface area contributed by atoms with Gasteiger partial charge in [0, 0.05) is 12.1 Å². The SMILES string of the molecule is O=C1CC(c2ccc([N+](=O)[O-])cc2)=NN1c1cc(S(=O)(=O)O)ccc1Cl. The van der Waals surface area contributed by atoms with Gasteiger partial charge in [-0.05, 0) is 35.9 Å². The summed E-state index contributed by atoms with van der Waals surface area (Å²) in [4.78, 5) is 22.0. The van der Waals surface area contributed by atoms with Crippen LogP contribution in [-0.2, 0) is 14.9 Å². The van der Waals surface area contributed by atoms with Gasteiger partial charge in [-0.3, -0.25) is 19.5 Å². The molecule has 0 atom stereocenters. The van der Waals surface area contributed by atoms with Crippen molar-refractivity contribution < 1.29 is 22.7 Å². The van der Waals surface area contributed by atoms with Crippen LogP contribution >= 0.6 is 11.6 Å². The first-order valence-electron chi connectivity index (χ1n) is 7.09. The van der Waals surface area contributed by atoms with Gasteiger partial charge in [-0.15, -0.1) is 0 Å². The number of carbonyl (C=O) groups is 1. The third-order valence-electron chi connectivity index (χ3n) is 3.63. The van der Waals surface area contributed by atoms with Gasteiger partial charge in [-0.2, -0.15) is 18.5 Å². The lowest BCUT2D eigenvalue weighted by Gasteiger charge is -2.14. The number of hydrazone groups is 1. The van der Waals surface area contributed by atoms with E-state index in [2.05, 4.69) is 5.10 Å². The molecule has 0 spiro atoms. The molecule has 0 fully saturated rings. The molecule has 11 heteroatoms. The second kappa shape index (κ2) is 6.48. The molecule has 1 N–H and O–H groups in total. The fourth-order valence-corrected chi connectivity index (χ4v) is 3.07. The Bertz CT molecular complexity index is 1050. The zero-order chi connectivity index (χ0) is 19.1. The standard InChI is InChI=1S/C15H10ClN3O6S/c16-12-6-5-11(26(23,24)25)7-14(12)18-15(20)8-13(17-18)9-1-3-10(4-2-9)19(21)22/h1-7H,8H2,(H,23,24,25). The number of hydrogen-bond acceptors (Lipinski definition) is 6. The van der Waals surface area contributed by atoms with E-state index < -0.39 is 25.8 Å². The van der Waals surface area contributed by atoms with E-state index in [-0.39, 0.29) is 22.8 Å². The lowest BCUT2D eigenvalue weighted by molar-refractivity contribution is -0.384. The Labute approximate surface area is 152 Å². The molecule has 1 heterocycles. The van der Waals surface area contributed by atoms with E-state index >= 15 is 0 Å². The highest BCUT2D eigenvalue weighted by Crippen LogP contribution is 2.32. The summed E-state index contributed by atoms with van der Waals surface area (Å²) in [5, 5.41) is 15.8. The Morgan fingerprint density at radius 3 is 2.42 bits per heavy atom. The van der Waals surface area contributed by atoms with Crippen LogP contribution in [0.5, 0.6) is 0 Å². The Morgan fingerprint density at radius 2 is 1.85 bits per heavy atom. The van der Waals surface area contributed by atoms with Crippen molar-refractivity contribution >= 4 is 44.7 Å². The molecule has 9 nitrogen and oxygen atoms in total. The van der Waals surface area contributed by atoms with Crippen LogP contribution in [0.15, 0.2) is 52.5 Å². The molecule has 0 saturated carbocycles. The van der Waals surface area contributed by atoms with Gasteiger partial charge in [0.15, 0.2) is 0 Å². The third kappa shape index (κ3) is 3.43. The highest BCUT2D eigenvalue weighted by Gasteiger charge is 2.29. The number of hydrogen-bond donors (Lipinski definition) is 1. The van der Waals surface area contributed by atoms with Gasteiger partial charge in [0.1, 0.15) is 0 Å². The number of nitrogens with zero attached hydrogens (tertiary/aromatic N) is 3. The zero-order valence-electron chi connectivity index (χ0n) is 12.9. The number of carbonyl (C=O) groups excluding carboxylic acids is 1. The van der Waals surface area contributed by atoms with Gasteiger partial charge in [0.05, 0.1) is 32.7 Å². The second-order valence-corrected chi connectivity index (χ2v) is 7.15. The van der Waals surface area contributed by atoms with Crippen molar-refractivity contribution in [1.29, 1.82) is 0 Å². The summed E-state index contributed by atoms with van der Waals surface area (Å²) in [5.41, 5.74) is 0.759. The fraction of sp³-hybridized carbons (Fsp3) is 0.0667. The van der Waals surface area contributed by atoms with Crippen molar-refractivity contribution in [2.75, 3.05) is 5.01 Å². The van der Waals surface area contributed by atoms with E-state index in [4.69, 9.17) is 16.2 Å². The van der Waals surface area contributed by atoms with Crippen LogP contribution < -0.4 is 5.01 Å². The van der Waals surface area contributed by atoms with Gasteiger partial charge in [-0.1, -0.05) is 11.6 Å². The minimum atomic E-state index is -4.48. The molecule has 2 aromatic carbocycles.